The molecule has 0 saturated carbocycles. The van der Waals surface area contributed by atoms with Crippen molar-refractivity contribution in [2.24, 2.45) is 0 Å². The molecular formula is C19H20N2O3. The molecule has 124 valence electrons. The van der Waals surface area contributed by atoms with Gasteiger partial charge < -0.3 is 10.0 Å². The zero-order valence-corrected chi connectivity index (χ0v) is 13.6. The summed E-state index contributed by atoms with van der Waals surface area (Å²) in [7, 11) is 0. The number of rotatable bonds is 4. The predicted molar refractivity (Wildman–Crippen MR) is 92.3 cm³/mol. The molecule has 1 aliphatic heterocycles. The van der Waals surface area contributed by atoms with E-state index >= 15 is 0 Å². The lowest BCUT2D eigenvalue weighted by molar-refractivity contribution is 0.0697. The Bertz CT molecular complexity index is 755. The molecule has 1 N–H and O–H groups in total. The van der Waals surface area contributed by atoms with Crippen LogP contribution < -0.4 is 4.90 Å². The van der Waals surface area contributed by atoms with Crippen LogP contribution in [0, 0.1) is 6.92 Å². The highest BCUT2D eigenvalue weighted by atomic mass is 16.4. The smallest absolute Gasteiger partial charge is 0.335 e. The van der Waals surface area contributed by atoms with Crippen molar-refractivity contribution in [1.29, 1.82) is 0 Å². The first kappa shape index (κ1) is 16.1. The van der Waals surface area contributed by atoms with Gasteiger partial charge in [0.25, 0.3) is 0 Å². The van der Waals surface area contributed by atoms with Crippen LogP contribution in [0.2, 0.25) is 0 Å². The number of carboxylic acid groups (broad SMARTS) is 1. The summed E-state index contributed by atoms with van der Waals surface area (Å²) >= 11 is 0. The first-order valence-corrected chi connectivity index (χ1v) is 8.00. The lowest BCUT2D eigenvalue weighted by Gasteiger charge is -2.36. The highest BCUT2D eigenvalue weighted by molar-refractivity contribution is 5.94. The number of anilines is 1. The van der Waals surface area contributed by atoms with Crippen LogP contribution in [-0.4, -0.2) is 35.1 Å². The molecule has 24 heavy (non-hydrogen) atoms. The van der Waals surface area contributed by atoms with Crippen molar-refractivity contribution < 1.29 is 14.7 Å². The minimum Gasteiger partial charge on any atom is -0.478 e. The van der Waals surface area contributed by atoms with E-state index in [0.29, 0.717) is 13.1 Å². The van der Waals surface area contributed by atoms with Crippen molar-refractivity contribution in [2.75, 3.05) is 18.0 Å². The zero-order valence-electron chi connectivity index (χ0n) is 13.6. The van der Waals surface area contributed by atoms with Gasteiger partial charge in [0.15, 0.2) is 0 Å². The number of hydrogen-bond acceptors (Lipinski definition) is 2. The SMILES string of the molecule is Cc1ccccc1CN1CCCN(c2ccc(C(=O)O)cc2)C1=O. The monoisotopic (exact) mass is 324 g/mol. The Morgan fingerprint density at radius 1 is 1.08 bits per heavy atom. The average molecular weight is 324 g/mol. The third-order valence-corrected chi connectivity index (χ3v) is 4.36. The molecule has 1 aliphatic rings. The van der Waals surface area contributed by atoms with Gasteiger partial charge in [0.05, 0.1) is 5.56 Å². The summed E-state index contributed by atoms with van der Waals surface area (Å²) in [5, 5.41) is 8.98. The number of carboxylic acids is 1. The van der Waals surface area contributed by atoms with Gasteiger partial charge in [-0.15, -0.1) is 0 Å². The number of urea groups is 1. The third-order valence-electron chi connectivity index (χ3n) is 4.36. The Morgan fingerprint density at radius 2 is 1.79 bits per heavy atom. The second-order valence-corrected chi connectivity index (χ2v) is 5.99. The van der Waals surface area contributed by atoms with Gasteiger partial charge in [0, 0.05) is 25.3 Å². The number of aromatic carboxylic acids is 1. The van der Waals surface area contributed by atoms with Gasteiger partial charge in [0.1, 0.15) is 0 Å². The largest absolute Gasteiger partial charge is 0.478 e. The Morgan fingerprint density at radius 3 is 2.46 bits per heavy atom. The van der Waals surface area contributed by atoms with Gasteiger partial charge in [-0.25, -0.2) is 9.59 Å². The van der Waals surface area contributed by atoms with E-state index < -0.39 is 5.97 Å². The molecule has 0 unspecified atom stereocenters. The van der Waals surface area contributed by atoms with E-state index in [2.05, 4.69) is 0 Å². The summed E-state index contributed by atoms with van der Waals surface area (Å²) in [5.74, 6) is -0.965. The van der Waals surface area contributed by atoms with Gasteiger partial charge in [0.2, 0.25) is 0 Å². The molecule has 0 aromatic heterocycles. The molecule has 2 aromatic carbocycles. The highest BCUT2D eigenvalue weighted by Crippen LogP contribution is 2.22. The van der Waals surface area contributed by atoms with E-state index in [1.54, 1.807) is 17.0 Å². The van der Waals surface area contributed by atoms with Crippen molar-refractivity contribution in [3.05, 3.63) is 65.2 Å². The van der Waals surface area contributed by atoms with E-state index in [0.717, 1.165) is 24.2 Å². The number of aryl methyl sites for hydroxylation is 1. The molecule has 0 radical (unpaired) electrons. The van der Waals surface area contributed by atoms with Crippen molar-refractivity contribution in [3.63, 3.8) is 0 Å². The Balaban J connectivity index is 1.77. The molecule has 2 amide bonds. The molecule has 0 spiro atoms. The van der Waals surface area contributed by atoms with Crippen molar-refractivity contribution in [3.8, 4) is 0 Å². The molecule has 2 aromatic rings. The predicted octanol–water partition coefficient (Wildman–Crippen LogP) is 3.53. The summed E-state index contributed by atoms with van der Waals surface area (Å²) in [6, 6.07) is 14.5. The molecule has 5 nitrogen and oxygen atoms in total. The van der Waals surface area contributed by atoms with Crippen LogP contribution in [0.3, 0.4) is 0 Å². The maximum Gasteiger partial charge on any atom is 0.335 e. The highest BCUT2D eigenvalue weighted by Gasteiger charge is 2.27. The second-order valence-electron chi connectivity index (χ2n) is 5.99. The van der Waals surface area contributed by atoms with Gasteiger partial charge in [-0.1, -0.05) is 24.3 Å². The van der Waals surface area contributed by atoms with Crippen molar-refractivity contribution >= 4 is 17.7 Å². The fraction of sp³-hybridized carbons (Fsp3) is 0.263. The fourth-order valence-corrected chi connectivity index (χ4v) is 2.94. The second kappa shape index (κ2) is 6.74. The van der Waals surface area contributed by atoms with E-state index in [-0.39, 0.29) is 11.6 Å². The molecule has 1 saturated heterocycles. The van der Waals surface area contributed by atoms with Gasteiger partial charge in [-0.3, -0.25) is 4.90 Å². The van der Waals surface area contributed by atoms with Crippen LogP contribution in [0.5, 0.6) is 0 Å². The quantitative estimate of drug-likeness (QED) is 0.936. The fourth-order valence-electron chi connectivity index (χ4n) is 2.94. The molecule has 1 fully saturated rings. The molecule has 0 atom stereocenters. The van der Waals surface area contributed by atoms with Crippen LogP contribution in [0.4, 0.5) is 10.5 Å². The molecule has 5 heteroatoms. The van der Waals surface area contributed by atoms with Crippen molar-refractivity contribution in [1.82, 2.24) is 4.90 Å². The van der Waals surface area contributed by atoms with E-state index in [4.69, 9.17) is 5.11 Å². The Hall–Kier alpha value is -2.82. The summed E-state index contributed by atoms with van der Waals surface area (Å²) in [6.07, 6.45) is 0.887. The minimum absolute atomic E-state index is 0.0346. The summed E-state index contributed by atoms with van der Waals surface area (Å²) in [5.41, 5.74) is 3.28. The maximum atomic E-state index is 12.8. The summed E-state index contributed by atoms with van der Waals surface area (Å²) < 4.78 is 0. The van der Waals surface area contributed by atoms with Crippen LogP contribution in [0.25, 0.3) is 0 Å². The maximum absolute atomic E-state index is 12.8. The number of hydrogen-bond donors (Lipinski definition) is 1. The number of nitrogens with zero attached hydrogens (tertiary/aromatic N) is 2. The van der Waals surface area contributed by atoms with Gasteiger partial charge in [-0.2, -0.15) is 0 Å². The number of benzene rings is 2. The normalized spacial score (nSPS) is 14.8. The topological polar surface area (TPSA) is 60.9 Å². The minimum atomic E-state index is -0.965. The van der Waals surface area contributed by atoms with Crippen LogP contribution in [-0.2, 0) is 6.54 Å². The molecule has 0 aliphatic carbocycles. The Labute approximate surface area is 141 Å². The first-order valence-electron chi connectivity index (χ1n) is 8.00. The van der Waals surface area contributed by atoms with E-state index in [1.165, 1.54) is 17.7 Å². The van der Waals surface area contributed by atoms with Crippen LogP contribution in [0.1, 0.15) is 27.9 Å². The number of carbonyl (C=O) groups is 2. The molecule has 0 bridgehead atoms. The molecule has 3 rings (SSSR count). The third kappa shape index (κ3) is 3.25. The molecular weight excluding hydrogens is 304 g/mol. The lowest BCUT2D eigenvalue weighted by Crippen LogP contribution is -2.49. The van der Waals surface area contributed by atoms with Crippen molar-refractivity contribution in [2.45, 2.75) is 19.9 Å². The summed E-state index contributed by atoms with van der Waals surface area (Å²) in [6.45, 7) is 4.02. The van der Waals surface area contributed by atoms with E-state index in [1.807, 2.05) is 36.1 Å². The van der Waals surface area contributed by atoms with Crippen LogP contribution in [0.15, 0.2) is 48.5 Å². The number of carbonyl (C=O) groups excluding carboxylic acids is 1. The Kier molecular flexibility index (Phi) is 4.51. The summed E-state index contributed by atoms with van der Waals surface area (Å²) in [4.78, 5) is 27.3. The number of amides is 2. The average Bonchev–Trinajstić information content (AvgIpc) is 2.59. The lowest BCUT2D eigenvalue weighted by atomic mass is 10.1. The standard InChI is InChI=1S/C19H20N2O3/c1-14-5-2-3-6-16(14)13-20-11-4-12-21(19(20)24)17-9-7-15(8-10-17)18(22)23/h2-3,5-10H,4,11-13H2,1H3,(H,22,23). The van der Waals surface area contributed by atoms with Crippen LogP contribution >= 0.6 is 0 Å². The van der Waals surface area contributed by atoms with Gasteiger partial charge >= 0.3 is 12.0 Å². The first-order chi connectivity index (χ1) is 11.6. The van der Waals surface area contributed by atoms with E-state index in [9.17, 15) is 9.59 Å². The molecule has 1 heterocycles. The zero-order chi connectivity index (χ0) is 17.1. The van der Waals surface area contributed by atoms with Gasteiger partial charge in [-0.05, 0) is 48.7 Å².